The first-order chi connectivity index (χ1) is 13.0. The number of carbonyl (C=O) groups excluding carboxylic acids is 1. The van der Waals surface area contributed by atoms with E-state index in [0.29, 0.717) is 24.6 Å². The highest BCUT2D eigenvalue weighted by Crippen LogP contribution is 2.40. The fourth-order valence-corrected chi connectivity index (χ4v) is 3.48. The van der Waals surface area contributed by atoms with Gasteiger partial charge >= 0.3 is 0 Å². The van der Waals surface area contributed by atoms with E-state index < -0.39 is 0 Å². The van der Waals surface area contributed by atoms with Crippen molar-refractivity contribution in [2.24, 2.45) is 7.05 Å². The Balaban J connectivity index is 1.70. The molecular weight excluding hydrogens is 340 g/mol. The van der Waals surface area contributed by atoms with E-state index in [4.69, 9.17) is 4.98 Å². The number of rotatable bonds is 6. The van der Waals surface area contributed by atoms with Gasteiger partial charge in [0.25, 0.3) is 5.91 Å². The van der Waals surface area contributed by atoms with Crippen LogP contribution in [0.2, 0.25) is 0 Å². The number of carbonyl (C=O) groups is 1. The van der Waals surface area contributed by atoms with Crippen LogP contribution in [0.1, 0.15) is 59.9 Å². The van der Waals surface area contributed by atoms with Gasteiger partial charge in [-0.15, -0.1) is 0 Å². The molecule has 1 aliphatic carbocycles. The fraction of sp³-hybridized carbons (Fsp3) is 0.500. The zero-order chi connectivity index (χ0) is 19.1. The topological polar surface area (TPSA) is 68.8 Å². The number of hydrogen-bond donors (Lipinski definition) is 0. The zero-order valence-corrected chi connectivity index (χ0v) is 16.4. The van der Waals surface area contributed by atoms with E-state index >= 15 is 0 Å². The molecule has 7 nitrogen and oxygen atoms in total. The van der Waals surface area contributed by atoms with E-state index in [9.17, 15) is 4.79 Å². The molecule has 0 N–H and O–H groups in total. The normalized spacial score (nSPS) is 14.1. The summed E-state index contributed by atoms with van der Waals surface area (Å²) in [6.07, 6.45) is 6.08. The first-order valence-corrected chi connectivity index (χ1v) is 9.66. The summed E-state index contributed by atoms with van der Waals surface area (Å²) >= 11 is 0. The molecule has 1 aliphatic rings. The molecule has 0 aliphatic heterocycles. The molecule has 0 radical (unpaired) electrons. The molecule has 0 aromatic carbocycles. The Kier molecular flexibility index (Phi) is 4.45. The van der Waals surface area contributed by atoms with Gasteiger partial charge in [0.15, 0.2) is 5.65 Å². The van der Waals surface area contributed by atoms with Crippen molar-refractivity contribution >= 4 is 16.9 Å². The molecule has 1 saturated carbocycles. The molecule has 1 fully saturated rings. The van der Waals surface area contributed by atoms with Gasteiger partial charge in [-0.3, -0.25) is 14.2 Å². The molecule has 27 heavy (non-hydrogen) atoms. The number of amides is 1. The molecule has 0 atom stereocenters. The molecule has 142 valence electrons. The molecule has 1 amide bonds. The van der Waals surface area contributed by atoms with Crippen LogP contribution in [-0.4, -0.2) is 41.9 Å². The van der Waals surface area contributed by atoms with Crippen LogP contribution in [0.5, 0.6) is 0 Å². The number of nitrogens with zero attached hydrogens (tertiary/aromatic N) is 6. The van der Waals surface area contributed by atoms with Crippen molar-refractivity contribution in [3.05, 3.63) is 41.0 Å². The second-order valence-corrected chi connectivity index (χ2v) is 7.29. The van der Waals surface area contributed by atoms with Gasteiger partial charge in [0, 0.05) is 50.1 Å². The average molecular weight is 366 g/mol. The van der Waals surface area contributed by atoms with E-state index in [1.807, 2.05) is 42.7 Å². The van der Waals surface area contributed by atoms with E-state index in [1.165, 1.54) is 0 Å². The van der Waals surface area contributed by atoms with Crippen LogP contribution in [0.4, 0.5) is 0 Å². The maximum atomic E-state index is 13.4. The van der Waals surface area contributed by atoms with Gasteiger partial charge in [-0.2, -0.15) is 10.2 Å². The fourth-order valence-electron chi connectivity index (χ4n) is 3.48. The van der Waals surface area contributed by atoms with Gasteiger partial charge in [0.05, 0.1) is 22.8 Å². The minimum Gasteiger partial charge on any atom is -0.334 e. The summed E-state index contributed by atoms with van der Waals surface area (Å²) in [5, 5.41) is 9.66. The van der Waals surface area contributed by atoms with Crippen molar-refractivity contribution < 1.29 is 4.79 Å². The second-order valence-electron chi connectivity index (χ2n) is 7.29. The minimum absolute atomic E-state index is 0.0310. The molecule has 0 unspecified atom stereocenters. The lowest BCUT2D eigenvalue weighted by atomic mass is 10.1. The number of pyridine rings is 1. The van der Waals surface area contributed by atoms with Gasteiger partial charge < -0.3 is 4.90 Å². The predicted octanol–water partition coefficient (Wildman–Crippen LogP) is 3.03. The first kappa shape index (κ1) is 17.7. The summed E-state index contributed by atoms with van der Waals surface area (Å²) in [6, 6.07) is 1.98. The predicted molar refractivity (Wildman–Crippen MR) is 104 cm³/mol. The minimum atomic E-state index is 0.0310. The van der Waals surface area contributed by atoms with Gasteiger partial charge in [-0.25, -0.2) is 4.98 Å². The summed E-state index contributed by atoms with van der Waals surface area (Å²) in [5.74, 6) is 0.513. The van der Waals surface area contributed by atoms with Crippen LogP contribution in [0.15, 0.2) is 18.5 Å². The Morgan fingerprint density at radius 3 is 2.74 bits per heavy atom. The molecule has 0 saturated heterocycles. The van der Waals surface area contributed by atoms with Crippen LogP contribution in [0.3, 0.4) is 0 Å². The highest BCUT2D eigenvalue weighted by molar-refractivity contribution is 6.05. The number of hydrogen-bond acceptors (Lipinski definition) is 4. The molecule has 0 spiro atoms. The zero-order valence-electron chi connectivity index (χ0n) is 16.4. The van der Waals surface area contributed by atoms with E-state index in [1.54, 1.807) is 10.9 Å². The van der Waals surface area contributed by atoms with Gasteiger partial charge in [0.2, 0.25) is 0 Å². The Labute approximate surface area is 159 Å². The van der Waals surface area contributed by atoms with Crippen molar-refractivity contribution in [1.29, 1.82) is 0 Å². The largest absolute Gasteiger partial charge is 0.334 e. The molecular formula is C20H26N6O. The van der Waals surface area contributed by atoms with Crippen LogP contribution in [0, 0.1) is 6.92 Å². The molecule has 0 bridgehead atoms. The van der Waals surface area contributed by atoms with Crippen LogP contribution in [0.25, 0.3) is 11.0 Å². The third kappa shape index (κ3) is 3.22. The van der Waals surface area contributed by atoms with E-state index in [0.717, 1.165) is 47.4 Å². The summed E-state index contributed by atoms with van der Waals surface area (Å²) in [7, 11) is 1.88. The van der Waals surface area contributed by atoms with Gasteiger partial charge in [-0.1, -0.05) is 0 Å². The second kappa shape index (κ2) is 6.79. The Bertz CT molecular complexity index is 997. The highest BCUT2D eigenvalue weighted by Gasteiger charge is 2.29. The monoisotopic (exact) mass is 366 g/mol. The average Bonchev–Trinajstić information content (AvgIpc) is 3.38. The third-order valence-electron chi connectivity index (χ3n) is 5.35. The SMILES string of the molecule is CCN(Cc1cn(CC)nc1C)C(=O)c1cc(C2CC2)nc2c1cnn2C. The number of fused-ring (bicyclic) bond motifs is 1. The van der Waals surface area contributed by atoms with Crippen LogP contribution >= 0.6 is 0 Å². The van der Waals surface area contributed by atoms with Crippen LogP contribution < -0.4 is 0 Å². The molecule has 3 heterocycles. The first-order valence-electron chi connectivity index (χ1n) is 9.66. The number of aromatic nitrogens is 5. The molecule has 4 rings (SSSR count). The van der Waals surface area contributed by atoms with Crippen molar-refractivity contribution in [2.45, 2.75) is 52.6 Å². The summed E-state index contributed by atoms with van der Waals surface area (Å²) in [6.45, 7) is 8.10. The standard InChI is InChI=1S/C20H26N6O/c1-5-25(11-15-12-26(6-2)23-13(15)3)20(27)16-9-18(14-7-8-14)22-19-17(16)10-21-24(19)4/h9-10,12,14H,5-8,11H2,1-4H3. The maximum absolute atomic E-state index is 13.4. The van der Waals surface area contributed by atoms with Gasteiger partial charge in [-0.05, 0) is 39.7 Å². The lowest BCUT2D eigenvalue weighted by molar-refractivity contribution is 0.0754. The smallest absolute Gasteiger partial charge is 0.255 e. The Morgan fingerprint density at radius 2 is 2.11 bits per heavy atom. The third-order valence-corrected chi connectivity index (χ3v) is 5.35. The van der Waals surface area contributed by atoms with E-state index in [-0.39, 0.29) is 5.91 Å². The lowest BCUT2D eigenvalue weighted by Gasteiger charge is -2.21. The molecule has 3 aromatic heterocycles. The Morgan fingerprint density at radius 1 is 1.33 bits per heavy atom. The van der Waals surface area contributed by atoms with E-state index in [2.05, 4.69) is 17.1 Å². The summed E-state index contributed by atoms with van der Waals surface area (Å²) < 4.78 is 3.67. The Hall–Kier alpha value is -2.70. The van der Waals surface area contributed by atoms with Crippen molar-refractivity contribution in [2.75, 3.05) is 6.54 Å². The number of aryl methyl sites for hydroxylation is 3. The molecule has 7 heteroatoms. The lowest BCUT2D eigenvalue weighted by Crippen LogP contribution is -2.30. The quantitative estimate of drug-likeness (QED) is 0.672. The maximum Gasteiger partial charge on any atom is 0.255 e. The van der Waals surface area contributed by atoms with Crippen molar-refractivity contribution in [3.63, 3.8) is 0 Å². The van der Waals surface area contributed by atoms with Crippen molar-refractivity contribution in [1.82, 2.24) is 29.4 Å². The highest BCUT2D eigenvalue weighted by atomic mass is 16.2. The van der Waals surface area contributed by atoms with Crippen molar-refractivity contribution in [3.8, 4) is 0 Å². The summed E-state index contributed by atoms with van der Waals surface area (Å²) in [5.41, 5.74) is 4.57. The molecule has 3 aromatic rings. The van der Waals surface area contributed by atoms with Gasteiger partial charge in [0.1, 0.15) is 0 Å². The van der Waals surface area contributed by atoms with Crippen LogP contribution in [-0.2, 0) is 20.1 Å². The summed E-state index contributed by atoms with van der Waals surface area (Å²) in [4.78, 5) is 20.1.